The van der Waals surface area contributed by atoms with Crippen LogP contribution in [0.2, 0.25) is 0 Å². The molecule has 0 atom stereocenters. The molecule has 0 saturated carbocycles. The zero-order valence-electron chi connectivity index (χ0n) is 17.8. The Morgan fingerprint density at radius 2 is 0.714 bits per heavy atom. The van der Waals surface area contributed by atoms with Crippen molar-refractivity contribution in [2.24, 2.45) is 0 Å². The molecule has 0 rings (SSSR count). The average Bonchev–Trinajstić information content (AvgIpc) is 2.50. The van der Waals surface area contributed by atoms with Crippen LogP contribution in [0.4, 0.5) is 0 Å². The van der Waals surface area contributed by atoms with Crippen LogP contribution in [0.3, 0.4) is 0 Å². The minimum atomic E-state index is -1.08. The van der Waals surface area contributed by atoms with Gasteiger partial charge in [-0.1, -0.05) is 71.1 Å². The van der Waals surface area contributed by atoms with E-state index in [9.17, 15) is 9.90 Å². The zero-order chi connectivity index (χ0) is 22.8. The first kappa shape index (κ1) is 33.5. The van der Waals surface area contributed by atoms with Crippen LogP contribution < -0.4 is 20.4 Å². The topological polar surface area (TPSA) is 161 Å². The van der Waals surface area contributed by atoms with Crippen LogP contribution in [0.25, 0.3) is 0 Å². The van der Waals surface area contributed by atoms with E-state index in [4.69, 9.17) is 29.7 Å². The predicted octanol–water partition coefficient (Wildman–Crippen LogP) is -0.294. The number of carbonyl (C=O) groups excluding carboxylic acids is 4. The van der Waals surface area contributed by atoms with Gasteiger partial charge in [0.2, 0.25) is 0 Å². The van der Waals surface area contributed by atoms with Crippen LogP contribution in [0.15, 0.2) is 0 Å². The maximum Gasteiger partial charge on any atom is 0.0414 e. The molecule has 8 nitrogen and oxygen atoms in total. The lowest BCUT2D eigenvalue weighted by Crippen LogP contribution is -2.21. The van der Waals surface area contributed by atoms with Crippen molar-refractivity contribution in [1.29, 1.82) is 0 Å². The van der Waals surface area contributed by atoms with Crippen molar-refractivity contribution in [1.82, 2.24) is 0 Å². The number of rotatable bonds is 12. The van der Waals surface area contributed by atoms with E-state index in [-0.39, 0.29) is 6.42 Å². The lowest BCUT2D eigenvalue weighted by Gasteiger charge is -2.03. The second kappa shape index (κ2) is 29.6. The third-order valence-corrected chi connectivity index (χ3v) is 2.98. The Labute approximate surface area is 169 Å². The molecule has 0 radical (unpaired) electrons. The first-order chi connectivity index (χ1) is 13.0. The summed E-state index contributed by atoms with van der Waals surface area (Å²) in [6.07, 6.45) is 14.0. The largest absolute Gasteiger partial charge is 0.550 e. The number of carboxylic acids is 4. The highest BCUT2D eigenvalue weighted by Crippen LogP contribution is 2.11. The summed E-state index contributed by atoms with van der Waals surface area (Å²) in [5.41, 5.74) is 0. The minimum absolute atomic E-state index is 0.233. The number of hydrogen-bond donors (Lipinski definition) is 0. The van der Waals surface area contributed by atoms with E-state index in [0.29, 0.717) is 0 Å². The van der Waals surface area contributed by atoms with Gasteiger partial charge in [0.1, 0.15) is 0 Å². The average molecular weight is 405 g/mol. The fraction of sp³-hybridized carbons (Fsp3) is 0.800. The molecule has 0 aliphatic carbocycles. The van der Waals surface area contributed by atoms with Gasteiger partial charge < -0.3 is 39.6 Å². The number of unbranched alkanes of at least 4 members (excludes halogenated alkanes) is 10. The predicted molar refractivity (Wildman–Crippen MR) is 98.1 cm³/mol. The summed E-state index contributed by atoms with van der Waals surface area (Å²) >= 11 is 0. The molecule has 0 fully saturated rings. The standard InChI is InChI=1S/C14H28O2.3C2H4O2/c1-2-3-4-5-6-7-8-9-10-11-12-13-14(15)16;3*1-2(3)4/h2-13H2,1H3,(H,15,16);3*1H3,(H,3,4)/p-4. The van der Waals surface area contributed by atoms with Gasteiger partial charge in [-0.2, -0.15) is 0 Å². The Bertz CT molecular complexity index is 340. The number of carboxylic acid groups (broad SMARTS) is 4. The van der Waals surface area contributed by atoms with Gasteiger partial charge in [0.05, 0.1) is 0 Å². The SMILES string of the molecule is CC(=O)[O-].CC(=O)[O-].CC(=O)[O-].CCCCCCCCCCCCCC(=O)[O-]. The Morgan fingerprint density at radius 3 is 0.929 bits per heavy atom. The maximum atomic E-state index is 10.1. The molecule has 28 heavy (non-hydrogen) atoms. The highest BCUT2D eigenvalue weighted by atomic mass is 16.4. The molecule has 0 N–H and O–H groups in total. The van der Waals surface area contributed by atoms with E-state index in [1.54, 1.807) is 0 Å². The monoisotopic (exact) mass is 404 g/mol. The summed E-state index contributed by atoms with van der Waals surface area (Å²) in [5, 5.41) is 36.8. The summed E-state index contributed by atoms with van der Waals surface area (Å²) in [5.74, 6) is -4.16. The second-order valence-electron chi connectivity index (χ2n) is 6.13. The van der Waals surface area contributed by atoms with Crippen LogP contribution in [0.1, 0.15) is 105 Å². The lowest BCUT2D eigenvalue weighted by atomic mass is 10.1. The first-order valence-corrected chi connectivity index (χ1v) is 9.69. The van der Waals surface area contributed by atoms with E-state index in [1.165, 1.54) is 57.8 Å². The van der Waals surface area contributed by atoms with Gasteiger partial charge in [-0.3, -0.25) is 0 Å². The summed E-state index contributed by atoms with van der Waals surface area (Å²) < 4.78 is 0. The molecule has 168 valence electrons. The molecule has 0 aromatic heterocycles. The third-order valence-electron chi connectivity index (χ3n) is 2.98. The highest BCUT2D eigenvalue weighted by molar-refractivity contribution is 5.64. The Kier molecular flexibility index (Phi) is 35.4. The van der Waals surface area contributed by atoms with Gasteiger partial charge >= 0.3 is 0 Å². The molecule has 0 heterocycles. The molecule has 0 aliphatic rings. The molecule has 0 bridgehead atoms. The first-order valence-electron chi connectivity index (χ1n) is 9.69. The molecule has 0 aromatic rings. The molecule has 0 saturated heterocycles. The molecule has 0 amide bonds. The number of aliphatic carboxylic acids is 4. The van der Waals surface area contributed by atoms with Crippen LogP contribution in [-0.2, 0) is 19.2 Å². The van der Waals surface area contributed by atoms with E-state index in [2.05, 4.69) is 6.92 Å². The fourth-order valence-corrected chi connectivity index (χ4v) is 1.93. The lowest BCUT2D eigenvalue weighted by molar-refractivity contribution is -0.306. The molecule has 0 aromatic carbocycles. The summed E-state index contributed by atoms with van der Waals surface area (Å²) in [6, 6.07) is 0. The maximum absolute atomic E-state index is 10.1. The van der Waals surface area contributed by atoms with Crippen LogP contribution in [0.5, 0.6) is 0 Å². The van der Waals surface area contributed by atoms with Crippen LogP contribution >= 0.6 is 0 Å². The van der Waals surface area contributed by atoms with Crippen LogP contribution in [0, 0.1) is 0 Å². The van der Waals surface area contributed by atoms with Gasteiger partial charge in [-0.05, 0) is 33.6 Å². The quantitative estimate of drug-likeness (QED) is 0.401. The number of carbonyl (C=O) groups is 4. The highest BCUT2D eigenvalue weighted by Gasteiger charge is 1.93. The molecular weight excluding hydrogens is 368 g/mol. The normalized spacial score (nSPS) is 8.71. The molecule has 8 heteroatoms. The van der Waals surface area contributed by atoms with Gasteiger partial charge in [-0.25, -0.2) is 0 Å². The Morgan fingerprint density at radius 1 is 0.500 bits per heavy atom. The van der Waals surface area contributed by atoms with E-state index >= 15 is 0 Å². The molecule has 0 spiro atoms. The molecule has 0 unspecified atom stereocenters. The van der Waals surface area contributed by atoms with Gasteiger partial charge in [0, 0.05) is 23.9 Å². The molecule has 0 aliphatic heterocycles. The van der Waals surface area contributed by atoms with Crippen molar-refractivity contribution in [2.45, 2.75) is 105 Å². The van der Waals surface area contributed by atoms with Gasteiger partial charge in [0.25, 0.3) is 0 Å². The van der Waals surface area contributed by atoms with Crippen LogP contribution in [-0.4, -0.2) is 23.9 Å². The minimum Gasteiger partial charge on any atom is -0.550 e. The summed E-state index contributed by atoms with van der Waals surface area (Å²) in [4.78, 5) is 36.8. The summed E-state index contributed by atoms with van der Waals surface area (Å²) in [6.45, 7) is 5.16. The van der Waals surface area contributed by atoms with E-state index < -0.39 is 23.9 Å². The Hall–Kier alpha value is -2.12. The summed E-state index contributed by atoms with van der Waals surface area (Å²) in [7, 11) is 0. The van der Waals surface area contributed by atoms with Crippen molar-refractivity contribution in [2.75, 3.05) is 0 Å². The van der Waals surface area contributed by atoms with Crippen molar-refractivity contribution >= 4 is 23.9 Å². The Balaban J connectivity index is -0.000000195. The fourth-order valence-electron chi connectivity index (χ4n) is 1.93. The number of hydrogen-bond acceptors (Lipinski definition) is 8. The van der Waals surface area contributed by atoms with Gasteiger partial charge in [0.15, 0.2) is 0 Å². The third kappa shape index (κ3) is 106. The smallest absolute Gasteiger partial charge is 0.0414 e. The van der Waals surface area contributed by atoms with Crippen molar-refractivity contribution in [3.8, 4) is 0 Å². The zero-order valence-corrected chi connectivity index (χ0v) is 17.8. The van der Waals surface area contributed by atoms with Crippen molar-refractivity contribution < 1.29 is 39.6 Å². The van der Waals surface area contributed by atoms with Crippen molar-refractivity contribution in [3.63, 3.8) is 0 Å². The molecular formula is C20H36O8-4. The van der Waals surface area contributed by atoms with Gasteiger partial charge in [-0.15, -0.1) is 0 Å². The van der Waals surface area contributed by atoms with Crippen molar-refractivity contribution in [3.05, 3.63) is 0 Å². The van der Waals surface area contributed by atoms with E-state index in [0.717, 1.165) is 33.6 Å². The van der Waals surface area contributed by atoms with E-state index in [1.807, 2.05) is 0 Å². The second-order valence-corrected chi connectivity index (χ2v) is 6.13.